The van der Waals surface area contributed by atoms with Crippen molar-refractivity contribution in [1.82, 2.24) is 15.0 Å². The Morgan fingerprint density at radius 3 is 2.39 bits per heavy atom. The van der Waals surface area contributed by atoms with Crippen molar-refractivity contribution in [3.05, 3.63) is 70.8 Å². The zero-order chi connectivity index (χ0) is 20.4. The van der Waals surface area contributed by atoms with Gasteiger partial charge in [-0.25, -0.2) is 9.97 Å². The van der Waals surface area contributed by atoms with Crippen molar-refractivity contribution < 1.29 is 5.11 Å². The zero-order valence-corrected chi connectivity index (χ0v) is 17.7. The molecule has 0 aliphatic carbocycles. The third-order valence-electron chi connectivity index (χ3n) is 5.66. The highest BCUT2D eigenvalue weighted by atomic mass is 35.5. The molecule has 2 aromatic heterocycles. The van der Waals surface area contributed by atoms with Crippen molar-refractivity contribution in [2.45, 2.75) is 46.0 Å². The molecule has 28 heavy (non-hydrogen) atoms. The van der Waals surface area contributed by atoms with E-state index < -0.39 is 0 Å². The van der Waals surface area contributed by atoms with Gasteiger partial charge in [-0.3, -0.25) is 0 Å². The molecule has 1 unspecified atom stereocenters. The van der Waals surface area contributed by atoms with Gasteiger partial charge in [0.25, 0.3) is 0 Å². The largest absolute Gasteiger partial charge is 0.396 e. The monoisotopic (exact) mass is 397 g/mol. The highest BCUT2D eigenvalue weighted by Gasteiger charge is 2.45. The maximum atomic E-state index is 9.97. The molecular weight excluding hydrogens is 370 g/mol. The lowest BCUT2D eigenvalue weighted by atomic mass is 9.58. The molecule has 0 saturated carbocycles. The first-order valence-electron chi connectivity index (χ1n) is 9.70. The van der Waals surface area contributed by atoms with E-state index in [9.17, 15) is 5.11 Å². The van der Waals surface area contributed by atoms with Crippen molar-refractivity contribution >= 4 is 11.6 Å². The van der Waals surface area contributed by atoms with Crippen LogP contribution in [0.1, 0.15) is 50.9 Å². The number of aliphatic hydroxyl groups excluding tert-OH is 1. The lowest BCUT2D eigenvalue weighted by Gasteiger charge is -2.45. The summed E-state index contributed by atoms with van der Waals surface area (Å²) in [5.41, 5.74) is 4.22. The first-order chi connectivity index (χ1) is 13.3. The molecule has 148 valence electrons. The second-order valence-electron chi connectivity index (χ2n) is 8.13. The molecule has 0 amide bonds. The van der Waals surface area contributed by atoms with E-state index in [1.807, 2.05) is 19.2 Å². The van der Waals surface area contributed by atoms with Gasteiger partial charge in [0.1, 0.15) is 12.0 Å². The third-order valence-corrected chi connectivity index (χ3v) is 6.06. The maximum Gasteiger partial charge on any atom is 0.116 e. The van der Waals surface area contributed by atoms with Crippen LogP contribution in [0.3, 0.4) is 0 Å². The Bertz CT molecular complexity index is 931. The van der Waals surface area contributed by atoms with Gasteiger partial charge in [0, 0.05) is 18.2 Å². The first-order valence-corrected chi connectivity index (χ1v) is 10.1. The quantitative estimate of drug-likeness (QED) is 0.585. The highest BCUT2D eigenvalue weighted by molar-refractivity contribution is 6.33. The van der Waals surface area contributed by atoms with E-state index in [0.717, 1.165) is 23.4 Å². The van der Waals surface area contributed by atoms with Crippen LogP contribution in [0.5, 0.6) is 0 Å². The molecule has 0 bridgehead atoms. The van der Waals surface area contributed by atoms with Gasteiger partial charge in [-0.15, -0.1) is 0 Å². The Morgan fingerprint density at radius 1 is 1.07 bits per heavy atom. The van der Waals surface area contributed by atoms with E-state index in [0.29, 0.717) is 17.1 Å². The van der Waals surface area contributed by atoms with Crippen LogP contribution in [0, 0.1) is 5.41 Å². The number of aliphatic hydroxyl groups is 1. The molecule has 3 aromatic rings. The number of aromatic nitrogens is 3. The summed E-state index contributed by atoms with van der Waals surface area (Å²) in [5, 5.41) is 10.6. The van der Waals surface area contributed by atoms with Crippen molar-refractivity contribution in [2.24, 2.45) is 5.41 Å². The highest BCUT2D eigenvalue weighted by Crippen LogP contribution is 2.50. The third kappa shape index (κ3) is 3.47. The van der Waals surface area contributed by atoms with Crippen LogP contribution in [-0.2, 0) is 11.8 Å². The Hall–Kier alpha value is -2.17. The smallest absolute Gasteiger partial charge is 0.116 e. The van der Waals surface area contributed by atoms with Crippen LogP contribution >= 0.6 is 11.6 Å². The fourth-order valence-electron chi connectivity index (χ4n) is 4.20. The molecule has 0 saturated heterocycles. The molecule has 0 aliphatic rings. The second-order valence-corrected chi connectivity index (χ2v) is 8.51. The van der Waals surface area contributed by atoms with E-state index in [4.69, 9.17) is 11.6 Å². The van der Waals surface area contributed by atoms with Crippen LogP contribution in [0.25, 0.3) is 11.4 Å². The maximum absolute atomic E-state index is 9.97. The minimum Gasteiger partial charge on any atom is -0.396 e. The van der Waals surface area contributed by atoms with Crippen molar-refractivity contribution in [3.8, 4) is 11.4 Å². The molecular formula is C23H28ClN3O. The summed E-state index contributed by atoms with van der Waals surface area (Å²) >= 11 is 6.55. The van der Waals surface area contributed by atoms with Gasteiger partial charge in [0.15, 0.2) is 0 Å². The van der Waals surface area contributed by atoms with Crippen LogP contribution in [0.15, 0.2) is 48.9 Å². The average Bonchev–Trinajstić information content (AvgIpc) is 3.16. The number of rotatable bonds is 6. The summed E-state index contributed by atoms with van der Waals surface area (Å²) in [5.74, 6) is 0. The first kappa shape index (κ1) is 20.6. The minimum absolute atomic E-state index is 0.0981. The molecule has 0 radical (unpaired) electrons. The zero-order valence-electron chi connectivity index (χ0n) is 17.0. The molecule has 1 aromatic carbocycles. The van der Waals surface area contributed by atoms with Crippen LogP contribution in [0.2, 0.25) is 5.02 Å². The average molecular weight is 398 g/mol. The number of halogens is 1. The Labute approximate surface area is 172 Å². The Kier molecular flexibility index (Phi) is 5.92. The number of benzene rings is 1. The normalized spacial score (nSPS) is 14.1. The molecule has 1 atom stereocenters. The van der Waals surface area contributed by atoms with Crippen LogP contribution in [-0.4, -0.2) is 26.7 Å². The molecule has 0 aliphatic heterocycles. The standard InChI is InChI=1S/C23H28ClN3O/c1-5-18-20(24)21(27-15-26-18)19-13-17(14-25-19)23(11-12-28,22(2,3)4)16-9-7-6-8-10-16/h6-10,13-15,25,28H,5,11-12H2,1-4H3. The number of hydrogen-bond donors (Lipinski definition) is 2. The predicted molar refractivity (Wildman–Crippen MR) is 115 cm³/mol. The van der Waals surface area contributed by atoms with Crippen LogP contribution in [0.4, 0.5) is 0 Å². The number of aromatic amines is 1. The van der Waals surface area contributed by atoms with Crippen molar-refractivity contribution in [1.29, 1.82) is 0 Å². The predicted octanol–water partition coefficient (Wildman–Crippen LogP) is 5.40. The number of H-pyrrole nitrogens is 1. The minimum atomic E-state index is -0.356. The number of nitrogens with zero attached hydrogens (tertiary/aromatic N) is 2. The summed E-state index contributed by atoms with van der Waals surface area (Å²) in [6.07, 6.45) is 4.95. The van der Waals surface area contributed by atoms with Gasteiger partial charge < -0.3 is 10.1 Å². The molecule has 0 spiro atoms. The molecule has 5 heteroatoms. The van der Waals surface area contributed by atoms with Crippen molar-refractivity contribution in [2.75, 3.05) is 6.61 Å². The van der Waals surface area contributed by atoms with Gasteiger partial charge in [-0.2, -0.15) is 0 Å². The Morgan fingerprint density at radius 2 is 1.79 bits per heavy atom. The topological polar surface area (TPSA) is 61.8 Å². The fraction of sp³-hybridized carbons (Fsp3) is 0.391. The SMILES string of the molecule is CCc1ncnc(-c2cc(C(CCO)(c3ccccc3)C(C)(C)C)c[nH]2)c1Cl. The number of aryl methyl sites for hydroxylation is 1. The van der Waals surface area contributed by atoms with Gasteiger partial charge in [0.05, 0.1) is 16.4 Å². The molecule has 2 heterocycles. The number of hydrogen-bond acceptors (Lipinski definition) is 3. The fourth-order valence-corrected chi connectivity index (χ4v) is 4.54. The lowest BCUT2D eigenvalue weighted by molar-refractivity contribution is 0.164. The number of nitrogens with one attached hydrogen (secondary N) is 1. The summed E-state index contributed by atoms with van der Waals surface area (Å²) in [6.45, 7) is 8.78. The summed E-state index contributed by atoms with van der Waals surface area (Å²) in [4.78, 5) is 12.0. The van der Waals surface area contributed by atoms with Gasteiger partial charge in [-0.1, -0.05) is 69.6 Å². The molecule has 3 rings (SSSR count). The molecule has 4 nitrogen and oxygen atoms in total. The van der Waals surface area contributed by atoms with E-state index >= 15 is 0 Å². The van der Waals surface area contributed by atoms with Crippen molar-refractivity contribution in [3.63, 3.8) is 0 Å². The van der Waals surface area contributed by atoms with Gasteiger partial charge in [-0.05, 0) is 35.4 Å². The Balaban J connectivity index is 2.19. The van der Waals surface area contributed by atoms with E-state index in [-0.39, 0.29) is 17.4 Å². The van der Waals surface area contributed by atoms with Crippen LogP contribution < -0.4 is 0 Å². The summed E-state index contributed by atoms with van der Waals surface area (Å²) < 4.78 is 0. The van der Waals surface area contributed by atoms with Gasteiger partial charge in [0.2, 0.25) is 0 Å². The summed E-state index contributed by atoms with van der Waals surface area (Å²) in [6, 6.07) is 12.5. The van der Waals surface area contributed by atoms with Gasteiger partial charge >= 0.3 is 0 Å². The molecule has 0 fully saturated rings. The molecule has 2 N–H and O–H groups in total. The van der Waals surface area contributed by atoms with E-state index in [2.05, 4.69) is 66.1 Å². The van der Waals surface area contributed by atoms with E-state index in [1.54, 1.807) is 6.33 Å². The second kappa shape index (κ2) is 8.06. The summed E-state index contributed by atoms with van der Waals surface area (Å²) in [7, 11) is 0. The lowest BCUT2D eigenvalue weighted by Crippen LogP contribution is -2.42. The van der Waals surface area contributed by atoms with E-state index in [1.165, 1.54) is 5.56 Å².